The summed E-state index contributed by atoms with van der Waals surface area (Å²) in [5.74, 6) is 0.746. The average molecular weight is 335 g/mol. The fourth-order valence-electron chi connectivity index (χ4n) is 3.28. The van der Waals surface area contributed by atoms with E-state index < -0.39 is 5.60 Å². The maximum absolute atomic E-state index is 10.1. The predicted octanol–water partition coefficient (Wildman–Crippen LogP) is 0.203. The monoisotopic (exact) mass is 335 g/mol. The van der Waals surface area contributed by atoms with Gasteiger partial charge < -0.3 is 20.1 Å². The Kier molecular flexibility index (Phi) is 5.34. The van der Waals surface area contributed by atoms with Crippen molar-refractivity contribution in [3.05, 3.63) is 18.0 Å². The van der Waals surface area contributed by atoms with Crippen LogP contribution in [0.25, 0.3) is 0 Å². The molecule has 134 valence electrons. The van der Waals surface area contributed by atoms with Gasteiger partial charge in [-0.25, -0.2) is 9.97 Å². The summed E-state index contributed by atoms with van der Waals surface area (Å²) in [6.07, 6.45) is 3.47. The van der Waals surface area contributed by atoms with Gasteiger partial charge in [-0.15, -0.1) is 0 Å². The molecule has 3 heterocycles. The summed E-state index contributed by atoms with van der Waals surface area (Å²) >= 11 is 0. The molecule has 2 atom stereocenters. The molecule has 2 saturated heterocycles. The summed E-state index contributed by atoms with van der Waals surface area (Å²) in [5.41, 5.74) is -0.176. The van der Waals surface area contributed by atoms with Gasteiger partial charge >= 0.3 is 0 Å². The number of ether oxygens (including phenoxy) is 1. The van der Waals surface area contributed by atoms with Gasteiger partial charge in [-0.1, -0.05) is 0 Å². The molecule has 2 N–H and O–H groups in total. The van der Waals surface area contributed by atoms with Gasteiger partial charge in [-0.2, -0.15) is 0 Å². The van der Waals surface area contributed by atoms with Crippen LogP contribution in [0.15, 0.2) is 12.4 Å². The van der Waals surface area contributed by atoms with Crippen LogP contribution in [0, 0.1) is 0 Å². The Balaban J connectivity index is 1.72. The van der Waals surface area contributed by atoms with Crippen LogP contribution in [0.5, 0.6) is 0 Å². The highest BCUT2D eigenvalue weighted by Gasteiger charge is 2.29. The summed E-state index contributed by atoms with van der Waals surface area (Å²) in [6, 6.07) is 0.785. The van der Waals surface area contributed by atoms with Gasteiger partial charge in [0.1, 0.15) is 0 Å². The van der Waals surface area contributed by atoms with E-state index in [1.165, 1.54) is 0 Å². The van der Waals surface area contributed by atoms with Crippen molar-refractivity contribution in [2.24, 2.45) is 0 Å². The predicted molar refractivity (Wildman–Crippen MR) is 93.1 cm³/mol. The summed E-state index contributed by atoms with van der Waals surface area (Å²) in [5, 5.41) is 13.5. The average Bonchev–Trinajstić information content (AvgIpc) is 2.57. The second-order valence-corrected chi connectivity index (χ2v) is 7.30. The fourth-order valence-corrected chi connectivity index (χ4v) is 3.28. The molecular formula is C17H29N5O2. The summed E-state index contributed by atoms with van der Waals surface area (Å²) in [4.78, 5) is 13.8. The van der Waals surface area contributed by atoms with Gasteiger partial charge in [0.25, 0.3) is 0 Å². The van der Waals surface area contributed by atoms with E-state index in [4.69, 9.17) is 4.74 Å². The maximum Gasteiger partial charge on any atom is 0.225 e. The zero-order valence-electron chi connectivity index (χ0n) is 14.9. The lowest BCUT2D eigenvalue weighted by atomic mass is 10.0. The van der Waals surface area contributed by atoms with Crippen LogP contribution in [-0.2, 0) is 10.3 Å². The van der Waals surface area contributed by atoms with E-state index in [1.54, 1.807) is 26.2 Å². The Labute approximate surface area is 144 Å². The minimum absolute atomic E-state index is 0.340. The highest BCUT2D eigenvalue weighted by Crippen LogP contribution is 2.21. The number of hydrogen-bond acceptors (Lipinski definition) is 7. The van der Waals surface area contributed by atoms with Crippen LogP contribution in [-0.4, -0.2) is 78.0 Å². The lowest BCUT2D eigenvalue weighted by molar-refractivity contribution is -0.00349. The molecule has 7 nitrogen and oxygen atoms in total. The number of nitrogens with one attached hydrogen (secondary N) is 1. The lowest BCUT2D eigenvalue weighted by Gasteiger charge is -2.42. The number of aliphatic hydroxyl groups is 1. The van der Waals surface area contributed by atoms with Crippen molar-refractivity contribution in [3.8, 4) is 0 Å². The number of morpholine rings is 1. The highest BCUT2D eigenvalue weighted by molar-refractivity contribution is 5.34. The number of rotatable bonds is 4. The van der Waals surface area contributed by atoms with Gasteiger partial charge in [0.05, 0.1) is 24.9 Å². The third kappa shape index (κ3) is 4.03. The molecule has 24 heavy (non-hydrogen) atoms. The second-order valence-electron chi connectivity index (χ2n) is 7.30. The number of nitrogens with zero attached hydrogens (tertiary/aromatic N) is 4. The van der Waals surface area contributed by atoms with E-state index in [-0.39, 0.29) is 0 Å². The van der Waals surface area contributed by atoms with E-state index in [0.717, 1.165) is 57.4 Å². The van der Waals surface area contributed by atoms with E-state index in [1.807, 2.05) is 0 Å². The molecule has 0 aromatic carbocycles. The number of aromatic nitrogens is 2. The molecule has 2 fully saturated rings. The Hall–Kier alpha value is -1.28. The van der Waals surface area contributed by atoms with Gasteiger partial charge in [-0.3, -0.25) is 4.90 Å². The van der Waals surface area contributed by atoms with Crippen molar-refractivity contribution in [1.82, 2.24) is 20.2 Å². The zero-order chi connectivity index (χ0) is 17.2. The Morgan fingerprint density at radius 1 is 1.33 bits per heavy atom. The molecule has 0 spiro atoms. The highest BCUT2D eigenvalue weighted by atomic mass is 16.5. The summed E-state index contributed by atoms with van der Waals surface area (Å²) in [7, 11) is 0. The lowest BCUT2D eigenvalue weighted by Crippen LogP contribution is -2.58. The number of hydrogen-bond donors (Lipinski definition) is 2. The van der Waals surface area contributed by atoms with E-state index >= 15 is 0 Å². The van der Waals surface area contributed by atoms with Gasteiger partial charge in [-0.05, 0) is 20.8 Å². The van der Waals surface area contributed by atoms with E-state index in [0.29, 0.717) is 12.1 Å². The van der Waals surface area contributed by atoms with Crippen LogP contribution < -0.4 is 10.2 Å². The SMILES string of the molecule is C[C@H]1COCCN1C[C@H]1CNCCN1c1ncc(C(C)(C)O)cn1. The van der Waals surface area contributed by atoms with Gasteiger partial charge in [0.2, 0.25) is 5.95 Å². The molecule has 0 amide bonds. The Morgan fingerprint density at radius 2 is 2.08 bits per heavy atom. The maximum atomic E-state index is 10.1. The number of anilines is 1. The molecule has 0 saturated carbocycles. The molecule has 2 aliphatic rings. The van der Waals surface area contributed by atoms with Crippen molar-refractivity contribution in [2.45, 2.75) is 38.5 Å². The van der Waals surface area contributed by atoms with E-state index in [9.17, 15) is 5.11 Å². The standard InChI is InChI=1S/C17H29N5O2/c1-13-12-24-7-6-21(13)11-15-10-18-4-5-22(15)16-19-8-14(9-20-16)17(2,3)23/h8-9,13,15,18,23H,4-7,10-12H2,1-3H3/t13-,15+/m0/s1. The first-order valence-corrected chi connectivity index (χ1v) is 8.79. The smallest absolute Gasteiger partial charge is 0.225 e. The van der Waals surface area contributed by atoms with Gasteiger partial charge in [0.15, 0.2) is 0 Å². The first-order chi connectivity index (χ1) is 11.4. The third-order valence-corrected chi connectivity index (χ3v) is 4.90. The molecule has 0 bridgehead atoms. The molecule has 1 aromatic heterocycles. The molecule has 3 rings (SSSR count). The third-order valence-electron chi connectivity index (χ3n) is 4.90. The minimum Gasteiger partial charge on any atom is -0.386 e. The summed E-state index contributed by atoms with van der Waals surface area (Å²) in [6.45, 7) is 12.0. The minimum atomic E-state index is -0.912. The molecule has 1 aromatic rings. The van der Waals surface area contributed by atoms with Crippen molar-refractivity contribution in [2.75, 3.05) is 50.8 Å². The largest absolute Gasteiger partial charge is 0.386 e. The van der Waals surface area contributed by atoms with Crippen molar-refractivity contribution >= 4 is 5.95 Å². The van der Waals surface area contributed by atoms with Crippen LogP contribution >= 0.6 is 0 Å². The Morgan fingerprint density at radius 3 is 2.75 bits per heavy atom. The molecule has 2 aliphatic heterocycles. The fraction of sp³-hybridized carbons (Fsp3) is 0.765. The van der Waals surface area contributed by atoms with Crippen LogP contribution in [0.1, 0.15) is 26.3 Å². The van der Waals surface area contributed by atoms with Crippen LogP contribution in [0.4, 0.5) is 5.95 Å². The first-order valence-electron chi connectivity index (χ1n) is 8.79. The Bertz CT molecular complexity index is 531. The molecule has 0 radical (unpaired) electrons. The summed E-state index contributed by atoms with van der Waals surface area (Å²) < 4.78 is 5.54. The van der Waals surface area contributed by atoms with Crippen molar-refractivity contribution in [3.63, 3.8) is 0 Å². The molecular weight excluding hydrogens is 306 g/mol. The molecule has 0 unspecified atom stereocenters. The van der Waals surface area contributed by atoms with Crippen LogP contribution in [0.2, 0.25) is 0 Å². The van der Waals surface area contributed by atoms with Crippen molar-refractivity contribution < 1.29 is 9.84 Å². The molecule has 7 heteroatoms. The topological polar surface area (TPSA) is 73.8 Å². The normalized spacial score (nSPS) is 26.6. The second kappa shape index (κ2) is 7.31. The quantitative estimate of drug-likeness (QED) is 0.814. The van der Waals surface area contributed by atoms with Crippen molar-refractivity contribution in [1.29, 1.82) is 0 Å². The zero-order valence-corrected chi connectivity index (χ0v) is 14.9. The van der Waals surface area contributed by atoms with E-state index in [2.05, 4.69) is 32.0 Å². The molecule has 0 aliphatic carbocycles. The van der Waals surface area contributed by atoms with Crippen LogP contribution in [0.3, 0.4) is 0 Å². The first kappa shape index (κ1) is 17.5. The van der Waals surface area contributed by atoms with Gasteiger partial charge in [0, 0.05) is 56.7 Å². The number of piperazine rings is 1.